The minimum atomic E-state index is -0.599. The summed E-state index contributed by atoms with van der Waals surface area (Å²) in [5, 5.41) is 20.1. The zero-order chi connectivity index (χ0) is 16.5. The van der Waals surface area contributed by atoms with Crippen LogP contribution in [-0.4, -0.2) is 29.2 Å². The average molecular weight is 318 g/mol. The fourth-order valence-electron chi connectivity index (χ4n) is 7.57. The number of aliphatic hydroxyl groups is 2. The summed E-state index contributed by atoms with van der Waals surface area (Å²) in [6.07, 6.45) is 8.09. The van der Waals surface area contributed by atoms with Crippen LogP contribution in [0.1, 0.15) is 58.3 Å². The monoisotopic (exact) mass is 318 g/mol. The number of rotatable bonds is 2. The molecule has 0 aromatic carbocycles. The molecule has 3 nitrogen and oxygen atoms in total. The van der Waals surface area contributed by atoms with Crippen LogP contribution in [0, 0.1) is 34.0 Å². The predicted molar refractivity (Wildman–Crippen MR) is 88.7 cm³/mol. The summed E-state index contributed by atoms with van der Waals surface area (Å²) in [4.78, 5) is 13.3. The van der Waals surface area contributed by atoms with E-state index in [2.05, 4.69) is 13.5 Å². The van der Waals surface area contributed by atoms with Gasteiger partial charge in [0.25, 0.3) is 0 Å². The predicted octanol–water partition coefficient (Wildman–Crippen LogP) is 3.10. The largest absolute Gasteiger partial charge is 0.396 e. The van der Waals surface area contributed by atoms with Crippen molar-refractivity contribution >= 4 is 5.78 Å². The highest BCUT2D eigenvalue weighted by Gasteiger charge is 2.67. The molecule has 0 aliphatic heterocycles. The van der Waals surface area contributed by atoms with Crippen molar-refractivity contribution in [1.29, 1.82) is 0 Å². The second-order valence-corrected chi connectivity index (χ2v) is 9.34. The maximum atomic E-state index is 13.3. The molecule has 5 atom stereocenters. The van der Waals surface area contributed by atoms with Crippen molar-refractivity contribution in [2.75, 3.05) is 13.2 Å². The molecule has 128 valence electrons. The second kappa shape index (κ2) is 4.92. The topological polar surface area (TPSA) is 57.5 Å². The van der Waals surface area contributed by atoms with E-state index < -0.39 is 5.41 Å². The van der Waals surface area contributed by atoms with E-state index in [-0.39, 0.29) is 30.0 Å². The Balaban J connectivity index is 1.80. The molecule has 0 radical (unpaired) electrons. The van der Waals surface area contributed by atoms with Gasteiger partial charge in [0.2, 0.25) is 0 Å². The maximum Gasteiger partial charge on any atom is 0.137 e. The summed E-state index contributed by atoms with van der Waals surface area (Å²) in [5.74, 6) is 1.32. The van der Waals surface area contributed by atoms with Crippen LogP contribution in [0.25, 0.3) is 0 Å². The number of Topliss-reactive ketones (excluding diaryl/α,β-unsaturated/α-hetero) is 1. The van der Waals surface area contributed by atoms with Gasteiger partial charge in [-0.2, -0.15) is 0 Å². The Morgan fingerprint density at radius 2 is 1.91 bits per heavy atom. The van der Waals surface area contributed by atoms with E-state index in [0.29, 0.717) is 24.0 Å². The van der Waals surface area contributed by atoms with Crippen molar-refractivity contribution in [2.24, 2.45) is 34.0 Å². The van der Waals surface area contributed by atoms with Crippen molar-refractivity contribution in [3.63, 3.8) is 0 Å². The molecule has 0 aromatic rings. The van der Waals surface area contributed by atoms with Gasteiger partial charge in [0.05, 0.1) is 13.2 Å². The van der Waals surface area contributed by atoms with E-state index in [4.69, 9.17) is 0 Å². The standard InChI is InChI=1S/C20H30O3/c1-13-8-20-9-14(13)4-5-16(20)18(2)6-3-7-19(11-21,12-22)17(18)15(23)10-20/h14,16-17,21-22H,1,3-12H2,2H3/t14-,16+,17+,18-,20-/m1/s1. The van der Waals surface area contributed by atoms with Crippen LogP contribution in [0.2, 0.25) is 0 Å². The molecule has 23 heavy (non-hydrogen) atoms. The average Bonchev–Trinajstić information content (AvgIpc) is 2.75. The van der Waals surface area contributed by atoms with Gasteiger partial charge in [0.15, 0.2) is 0 Å². The van der Waals surface area contributed by atoms with E-state index in [1.807, 2.05) is 0 Å². The first-order valence-corrected chi connectivity index (χ1v) is 9.33. The second-order valence-electron chi connectivity index (χ2n) is 9.34. The van der Waals surface area contributed by atoms with Gasteiger partial charge in [-0.25, -0.2) is 0 Å². The van der Waals surface area contributed by atoms with E-state index in [1.165, 1.54) is 18.4 Å². The fraction of sp³-hybridized carbons (Fsp3) is 0.850. The van der Waals surface area contributed by atoms with Crippen LogP contribution in [0.5, 0.6) is 0 Å². The third-order valence-corrected chi connectivity index (χ3v) is 8.29. The molecular formula is C20H30O3. The molecule has 2 bridgehead atoms. The highest BCUT2D eigenvalue weighted by Crippen LogP contribution is 2.71. The van der Waals surface area contributed by atoms with Gasteiger partial charge >= 0.3 is 0 Å². The Labute approximate surface area is 139 Å². The number of fused-ring (bicyclic) bond motifs is 3. The van der Waals surface area contributed by atoms with Gasteiger partial charge in [-0.05, 0) is 61.2 Å². The number of allylic oxidation sites excluding steroid dienone is 1. The molecule has 2 N–H and O–H groups in total. The molecule has 1 spiro atoms. The highest BCUT2D eigenvalue weighted by atomic mass is 16.3. The van der Waals surface area contributed by atoms with Gasteiger partial charge in [-0.3, -0.25) is 4.79 Å². The molecule has 0 amide bonds. The summed E-state index contributed by atoms with van der Waals surface area (Å²) >= 11 is 0. The molecule has 4 aliphatic carbocycles. The van der Waals surface area contributed by atoms with Gasteiger partial charge in [-0.1, -0.05) is 25.5 Å². The SMILES string of the molecule is C=C1C[C@@]23CC(=O)[C@@H]4C(CO)(CO)CCC[C@]4(C)[C@@H]2CC[C@@H]1C3. The summed E-state index contributed by atoms with van der Waals surface area (Å²) in [6, 6.07) is 0. The van der Waals surface area contributed by atoms with Crippen molar-refractivity contribution in [3.05, 3.63) is 12.2 Å². The van der Waals surface area contributed by atoms with Gasteiger partial charge in [0.1, 0.15) is 5.78 Å². The van der Waals surface area contributed by atoms with Gasteiger partial charge in [-0.15, -0.1) is 0 Å². The van der Waals surface area contributed by atoms with Crippen molar-refractivity contribution < 1.29 is 15.0 Å². The lowest BCUT2D eigenvalue weighted by atomic mass is 9.40. The minimum absolute atomic E-state index is 0.0609. The molecule has 0 heterocycles. The van der Waals surface area contributed by atoms with Crippen LogP contribution in [0.3, 0.4) is 0 Å². The number of carbonyl (C=O) groups is 1. The molecule has 4 rings (SSSR count). The lowest BCUT2D eigenvalue weighted by Gasteiger charge is -2.63. The molecule has 0 saturated heterocycles. The lowest BCUT2D eigenvalue weighted by molar-refractivity contribution is -0.184. The van der Waals surface area contributed by atoms with E-state index in [1.54, 1.807) is 0 Å². The summed E-state index contributed by atoms with van der Waals surface area (Å²) in [6.45, 7) is 6.47. The van der Waals surface area contributed by atoms with Crippen molar-refractivity contribution in [2.45, 2.75) is 58.3 Å². The van der Waals surface area contributed by atoms with Crippen molar-refractivity contribution in [1.82, 2.24) is 0 Å². The van der Waals surface area contributed by atoms with Crippen LogP contribution in [0.15, 0.2) is 12.2 Å². The summed E-state index contributed by atoms with van der Waals surface area (Å²) in [7, 11) is 0. The van der Waals surface area contributed by atoms with Crippen LogP contribution >= 0.6 is 0 Å². The minimum Gasteiger partial charge on any atom is -0.396 e. The Morgan fingerprint density at radius 1 is 1.17 bits per heavy atom. The van der Waals surface area contributed by atoms with Gasteiger partial charge < -0.3 is 10.2 Å². The smallest absolute Gasteiger partial charge is 0.137 e. The quantitative estimate of drug-likeness (QED) is 0.769. The Morgan fingerprint density at radius 3 is 2.61 bits per heavy atom. The molecular weight excluding hydrogens is 288 g/mol. The number of ketones is 1. The summed E-state index contributed by atoms with van der Waals surface area (Å²) < 4.78 is 0. The van der Waals surface area contributed by atoms with Crippen LogP contribution in [0.4, 0.5) is 0 Å². The van der Waals surface area contributed by atoms with Crippen molar-refractivity contribution in [3.8, 4) is 0 Å². The zero-order valence-corrected chi connectivity index (χ0v) is 14.3. The number of hydrogen-bond donors (Lipinski definition) is 2. The molecule has 4 aliphatic rings. The first kappa shape index (κ1) is 15.8. The van der Waals surface area contributed by atoms with E-state index in [0.717, 1.165) is 32.1 Å². The number of carbonyl (C=O) groups excluding carboxylic acids is 1. The maximum absolute atomic E-state index is 13.3. The van der Waals surface area contributed by atoms with E-state index >= 15 is 0 Å². The van der Waals surface area contributed by atoms with Gasteiger partial charge in [0, 0.05) is 17.8 Å². The summed E-state index contributed by atoms with van der Waals surface area (Å²) in [5.41, 5.74) is 0.845. The molecule has 0 unspecified atom stereocenters. The highest BCUT2D eigenvalue weighted by molar-refractivity contribution is 5.85. The van der Waals surface area contributed by atoms with E-state index in [9.17, 15) is 15.0 Å². The fourth-order valence-corrected chi connectivity index (χ4v) is 7.57. The molecule has 4 saturated carbocycles. The first-order chi connectivity index (χ1) is 10.9. The molecule has 0 aromatic heterocycles. The molecule has 4 fully saturated rings. The van der Waals surface area contributed by atoms with Crippen LogP contribution < -0.4 is 0 Å². The number of aliphatic hydroxyl groups excluding tert-OH is 2. The first-order valence-electron chi connectivity index (χ1n) is 9.33. The Kier molecular flexibility index (Phi) is 3.39. The third kappa shape index (κ3) is 1.87. The normalized spacial score (nSPS) is 48.0. The lowest BCUT2D eigenvalue weighted by Crippen LogP contribution is -2.62. The molecule has 3 heteroatoms. The Bertz CT molecular complexity index is 549. The third-order valence-electron chi connectivity index (χ3n) is 8.29. The Hall–Kier alpha value is -0.670. The zero-order valence-electron chi connectivity index (χ0n) is 14.3. The number of hydrogen-bond acceptors (Lipinski definition) is 3. The van der Waals surface area contributed by atoms with Crippen LogP contribution in [-0.2, 0) is 4.79 Å².